The van der Waals surface area contributed by atoms with Crippen molar-refractivity contribution < 1.29 is 5.11 Å². The summed E-state index contributed by atoms with van der Waals surface area (Å²) in [6.45, 7) is 5.17. The number of hydrogen-bond acceptors (Lipinski definition) is 2. The first kappa shape index (κ1) is 8.57. The zero-order valence-electron chi connectivity index (χ0n) is 8.09. The Hall–Kier alpha value is -1.02. The number of aromatic hydroxyl groups is 1. The fourth-order valence-corrected chi connectivity index (χ4v) is 1.83. The number of nitrogens with one attached hydrogen (secondary N) is 1. The van der Waals surface area contributed by atoms with Gasteiger partial charge < -0.3 is 10.4 Å². The second-order valence-electron chi connectivity index (χ2n) is 4.33. The molecule has 2 rings (SSSR count). The molecule has 0 aromatic heterocycles. The lowest BCUT2D eigenvalue weighted by Gasteiger charge is -2.33. The van der Waals surface area contributed by atoms with Crippen LogP contribution in [0.5, 0.6) is 5.75 Å². The lowest BCUT2D eigenvalue weighted by molar-refractivity contribution is 0.351. The second-order valence-corrected chi connectivity index (χ2v) is 4.33. The van der Waals surface area contributed by atoms with Crippen LogP contribution in [0.1, 0.15) is 25.0 Å². The minimum absolute atomic E-state index is 0.103. The van der Waals surface area contributed by atoms with Gasteiger partial charge in [0.2, 0.25) is 0 Å². The highest BCUT2D eigenvalue weighted by molar-refractivity contribution is 5.41. The van der Waals surface area contributed by atoms with E-state index in [4.69, 9.17) is 0 Å². The van der Waals surface area contributed by atoms with Crippen LogP contribution in [0.2, 0.25) is 0 Å². The number of hydrogen-bond donors (Lipinski definition) is 2. The van der Waals surface area contributed by atoms with Gasteiger partial charge in [-0.15, -0.1) is 0 Å². The van der Waals surface area contributed by atoms with Crippen LogP contribution >= 0.6 is 0 Å². The van der Waals surface area contributed by atoms with Crippen LogP contribution in [0, 0.1) is 0 Å². The molecule has 0 spiro atoms. The topological polar surface area (TPSA) is 32.3 Å². The van der Waals surface area contributed by atoms with Gasteiger partial charge in [0, 0.05) is 17.6 Å². The van der Waals surface area contributed by atoms with Crippen molar-refractivity contribution in [3.05, 3.63) is 29.3 Å². The second kappa shape index (κ2) is 2.74. The SMILES string of the molecule is CC1(C)Cc2c(O)cccc2CN1. The van der Waals surface area contributed by atoms with Gasteiger partial charge in [0.25, 0.3) is 0 Å². The van der Waals surface area contributed by atoms with Crippen LogP contribution in [-0.4, -0.2) is 10.6 Å². The average molecular weight is 177 g/mol. The molecular weight excluding hydrogens is 162 g/mol. The van der Waals surface area contributed by atoms with Crippen LogP contribution in [0.15, 0.2) is 18.2 Å². The fraction of sp³-hybridized carbons (Fsp3) is 0.455. The molecule has 0 amide bonds. The van der Waals surface area contributed by atoms with Gasteiger partial charge in [-0.1, -0.05) is 12.1 Å². The predicted octanol–water partition coefficient (Wildman–Crippen LogP) is 1.82. The smallest absolute Gasteiger partial charge is 0.119 e. The summed E-state index contributed by atoms with van der Waals surface area (Å²) in [6, 6.07) is 5.73. The van der Waals surface area contributed by atoms with Crippen LogP contribution in [0.25, 0.3) is 0 Å². The Balaban J connectivity index is 2.44. The van der Waals surface area contributed by atoms with Gasteiger partial charge in [0.05, 0.1) is 0 Å². The van der Waals surface area contributed by atoms with Crippen molar-refractivity contribution in [2.75, 3.05) is 0 Å². The molecule has 13 heavy (non-hydrogen) atoms. The summed E-state index contributed by atoms with van der Waals surface area (Å²) in [5.74, 6) is 0.437. The molecule has 1 aliphatic heterocycles. The van der Waals surface area contributed by atoms with E-state index in [-0.39, 0.29) is 5.54 Å². The van der Waals surface area contributed by atoms with Crippen molar-refractivity contribution in [1.82, 2.24) is 5.32 Å². The van der Waals surface area contributed by atoms with Crippen molar-refractivity contribution in [3.63, 3.8) is 0 Å². The molecule has 2 heteroatoms. The van der Waals surface area contributed by atoms with Crippen LogP contribution in [-0.2, 0) is 13.0 Å². The van der Waals surface area contributed by atoms with Gasteiger partial charge in [-0.2, -0.15) is 0 Å². The van der Waals surface area contributed by atoms with E-state index in [0.717, 1.165) is 18.5 Å². The Kier molecular flexibility index (Phi) is 1.81. The molecule has 0 atom stereocenters. The molecule has 0 fully saturated rings. The molecule has 1 aliphatic rings. The third kappa shape index (κ3) is 1.54. The lowest BCUT2D eigenvalue weighted by atomic mass is 9.87. The molecule has 2 N–H and O–H groups in total. The first-order valence-electron chi connectivity index (χ1n) is 4.63. The highest BCUT2D eigenvalue weighted by Crippen LogP contribution is 2.29. The highest BCUT2D eigenvalue weighted by atomic mass is 16.3. The summed E-state index contributed by atoms with van der Waals surface area (Å²) in [4.78, 5) is 0. The molecule has 1 aromatic carbocycles. The summed E-state index contributed by atoms with van der Waals surface area (Å²) in [6.07, 6.45) is 0.898. The van der Waals surface area contributed by atoms with Crippen LogP contribution in [0.3, 0.4) is 0 Å². The first-order valence-corrected chi connectivity index (χ1v) is 4.63. The zero-order valence-corrected chi connectivity index (χ0v) is 8.09. The third-order valence-corrected chi connectivity index (χ3v) is 2.62. The normalized spacial score (nSPS) is 19.5. The Bertz CT molecular complexity index is 331. The third-order valence-electron chi connectivity index (χ3n) is 2.62. The Morgan fingerprint density at radius 1 is 1.38 bits per heavy atom. The molecule has 0 unspecified atom stereocenters. The van der Waals surface area contributed by atoms with E-state index in [0.29, 0.717) is 5.75 Å². The van der Waals surface area contributed by atoms with Crippen LogP contribution in [0.4, 0.5) is 0 Å². The highest BCUT2D eigenvalue weighted by Gasteiger charge is 2.25. The number of phenolic OH excluding ortho intramolecular Hbond substituents is 1. The van der Waals surface area contributed by atoms with E-state index < -0.39 is 0 Å². The molecule has 1 heterocycles. The van der Waals surface area contributed by atoms with Crippen molar-refractivity contribution in [2.45, 2.75) is 32.4 Å². The van der Waals surface area contributed by atoms with E-state index in [1.807, 2.05) is 6.07 Å². The lowest BCUT2D eigenvalue weighted by Crippen LogP contribution is -2.44. The number of rotatable bonds is 0. The molecule has 1 aromatic rings. The van der Waals surface area contributed by atoms with Crippen molar-refractivity contribution in [2.24, 2.45) is 0 Å². The largest absolute Gasteiger partial charge is 0.508 e. The minimum Gasteiger partial charge on any atom is -0.508 e. The molecule has 70 valence electrons. The molecule has 0 aliphatic carbocycles. The van der Waals surface area contributed by atoms with Gasteiger partial charge >= 0.3 is 0 Å². The van der Waals surface area contributed by atoms with E-state index in [1.165, 1.54) is 5.56 Å². The number of benzene rings is 1. The van der Waals surface area contributed by atoms with Crippen molar-refractivity contribution in [1.29, 1.82) is 0 Å². The summed E-state index contributed by atoms with van der Waals surface area (Å²) in [5.41, 5.74) is 2.43. The fourth-order valence-electron chi connectivity index (χ4n) is 1.83. The Morgan fingerprint density at radius 3 is 2.92 bits per heavy atom. The van der Waals surface area contributed by atoms with E-state index in [2.05, 4.69) is 25.2 Å². The van der Waals surface area contributed by atoms with Gasteiger partial charge in [-0.3, -0.25) is 0 Å². The maximum absolute atomic E-state index is 9.66. The molecular formula is C11H15NO. The zero-order chi connectivity index (χ0) is 9.47. The standard InChI is InChI=1S/C11H15NO/c1-11(2)6-9-8(7-12-11)4-3-5-10(9)13/h3-5,12-13H,6-7H2,1-2H3. The van der Waals surface area contributed by atoms with E-state index in [1.54, 1.807) is 6.07 Å². The van der Waals surface area contributed by atoms with Gasteiger partial charge in [-0.05, 0) is 31.9 Å². The molecule has 0 bridgehead atoms. The van der Waals surface area contributed by atoms with Gasteiger partial charge in [-0.25, -0.2) is 0 Å². The maximum atomic E-state index is 9.66. The van der Waals surface area contributed by atoms with E-state index >= 15 is 0 Å². The van der Waals surface area contributed by atoms with Crippen molar-refractivity contribution in [3.8, 4) is 5.75 Å². The van der Waals surface area contributed by atoms with Gasteiger partial charge in [0.15, 0.2) is 0 Å². The summed E-state index contributed by atoms with van der Waals surface area (Å²) in [7, 11) is 0. The summed E-state index contributed by atoms with van der Waals surface area (Å²) >= 11 is 0. The predicted molar refractivity (Wildman–Crippen MR) is 52.7 cm³/mol. The van der Waals surface area contributed by atoms with E-state index in [9.17, 15) is 5.11 Å². The first-order chi connectivity index (χ1) is 6.08. The van der Waals surface area contributed by atoms with Gasteiger partial charge in [0.1, 0.15) is 5.75 Å². The molecule has 0 radical (unpaired) electrons. The minimum atomic E-state index is 0.103. The molecule has 2 nitrogen and oxygen atoms in total. The molecule has 0 saturated heterocycles. The molecule has 0 saturated carbocycles. The Labute approximate surface area is 78.6 Å². The summed E-state index contributed by atoms with van der Waals surface area (Å²) < 4.78 is 0. The number of phenols is 1. The van der Waals surface area contributed by atoms with Crippen LogP contribution < -0.4 is 5.32 Å². The summed E-state index contributed by atoms with van der Waals surface area (Å²) in [5, 5.41) is 13.1. The monoisotopic (exact) mass is 177 g/mol. The maximum Gasteiger partial charge on any atom is 0.119 e. The van der Waals surface area contributed by atoms with Crippen molar-refractivity contribution >= 4 is 0 Å². The average Bonchev–Trinajstić information content (AvgIpc) is 2.06. The quantitative estimate of drug-likeness (QED) is 0.633. The number of fused-ring (bicyclic) bond motifs is 1. The Morgan fingerprint density at radius 2 is 2.15 bits per heavy atom.